The SMILES string of the molecule is O=C(NCc1ccc(N2CCCC2)cc1)c1ccc2c(c1)CCO2. The van der Waals surface area contributed by atoms with Crippen molar-refractivity contribution in [3.05, 3.63) is 59.2 Å². The molecule has 0 aromatic heterocycles. The quantitative estimate of drug-likeness (QED) is 0.940. The third-order valence-electron chi connectivity index (χ3n) is 4.81. The Hall–Kier alpha value is -2.49. The van der Waals surface area contributed by atoms with Gasteiger partial charge in [0.25, 0.3) is 5.91 Å². The molecule has 2 aliphatic rings. The van der Waals surface area contributed by atoms with E-state index in [-0.39, 0.29) is 5.91 Å². The topological polar surface area (TPSA) is 41.6 Å². The van der Waals surface area contributed by atoms with Gasteiger partial charge in [0.1, 0.15) is 5.75 Å². The van der Waals surface area contributed by atoms with E-state index in [1.807, 2.05) is 18.2 Å². The van der Waals surface area contributed by atoms with E-state index < -0.39 is 0 Å². The van der Waals surface area contributed by atoms with Crippen molar-refractivity contribution in [2.45, 2.75) is 25.8 Å². The number of hydrogen-bond acceptors (Lipinski definition) is 3. The predicted octanol–water partition coefficient (Wildman–Crippen LogP) is 3.15. The van der Waals surface area contributed by atoms with Crippen LogP contribution in [0.4, 0.5) is 5.69 Å². The molecule has 1 N–H and O–H groups in total. The first-order valence-corrected chi connectivity index (χ1v) is 8.67. The number of benzene rings is 2. The van der Waals surface area contributed by atoms with E-state index in [1.165, 1.54) is 18.5 Å². The Labute approximate surface area is 142 Å². The molecule has 2 heterocycles. The van der Waals surface area contributed by atoms with Gasteiger partial charge in [-0.1, -0.05) is 12.1 Å². The van der Waals surface area contributed by atoms with Gasteiger partial charge < -0.3 is 15.0 Å². The first kappa shape index (κ1) is 15.1. The summed E-state index contributed by atoms with van der Waals surface area (Å²) in [6.45, 7) is 3.56. The average Bonchev–Trinajstić information content (AvgIpc) is 3.30. The maximum absolute atomic E-state index is 12.3. The molecule has 4 heteroatoms. The van der Waals surface area contributed by atoms with Gasteiger partial charge in [0.15, 0.2) is 0 Å². The number of nitrogens with zero attached hydrogens (tertiary/aromatic N) is 1. The minimum atomic E-state index is -0.0340. The first-order chi connectivity index (χ1) is 11.8. The Morgan fingerprint density at radius 1 is 1.08 bits per heavy atom. The lowest BCUT2D eigenvalue weighted by Crippen LogP contribution is -2.23. The fourth-order valence-corrected chi connectivity index (χ4v) is 3.41. The first-order valence-electron chi connectivity index (χ1n) is 8.67. The summed E-state index contributed by atoms with van der Waals surface area (Å²) in [4.78, 5) is 14.7. The number of carbonyl (C=O) groups is 1. The highest BCUT2D eigenvalue weighted by Gasteiger charge is 2.15. The van der Waals surface area contributed by atoms with E-state index in [0.717, 1.165) is 36.4 Å². The van der Waals surface area contributed by atoms with E-state index in [9.17, 15) is 4.79 Å². The normalized spacial score (nSPS) is 15.9. The highest BCUT2D eigenvalue weighted by molar-refractivity contribution is 5.94. The van der Waals surface area contributed by atoms with Gasteiger partial charge in [-0.3, -0.25) is 4.79 Å². The second-order valence-electron chi connectivity index (χ2n) is 6.46. The average molecular weight is 322 g/mol. The van der Waals surface area contributed by atoms with Crippen LogP contribution >= 0.6 is 0 Å². The lowest BCUT2D eigenvalue weighted by Gasteiger charge is -2.17. The van der Waals surface area contributed by atoms with Crippen LogP contribution in [0.1, 0.15) is 34.3 Å². The molecule has 0 atom stereocenters. The number of anilines is 1. The van der Waals surface area contributed by atoms with Crippen molar-refractivity contribution in [2.75, 3.05) is 24.6 Å². The number of fused-ring (bicyclic) bond motifs is 1. The third kappa shape index (κ3) is 3.09. The zero-order chi connectivity index (χ0) is 16.4. The van der Waals surface area contributed by atoms with Gasteiger partial charge in [0, 0.05) is 37.3 Å². The molecule has 2 aliphatic heterocycles. The molecule has 0 saturated carbocycles. The molecule has 1 fully saturated rings. The number of hydrogen-bond donors (Lipinski definition) is 1. The molecule has 2 aromatic rings. The van der Waals surface area contributed by atoms with Crippen LogP contribution in [0, 0.1) is 0 Å². The van der Waals surface area contributed by atoms with Gasteiger partial charge in [-0.15, -0.1) is 0 Å². The third-order valence-corrected chi connectivity index (χ3v) is 4.81. The van der Waals surface area contributed by atoms with Crippen molar-refractivity contribution in [3.63, 3.8) is 0 Å². The number of ether oxygens (including phenoxy) is 1. The van der Waals surface area contributed by atoms with E-state index in [4.69, 9.17) is 4.74 Å². The van der Waals surface area contributed by atoms with Crippen molar-refractivity contribution in [2.24, 2.45) is 0 Å². The predicted molar refractivity (Wildman–Crippen MR) is 94.7 cm³/mol. The molecular weight excluding hydrogens is 300 g/mol. The minimum absolute atomic E-state index is 0.0340. The highest BCUT2D eigenvalue weighted by atomic mass is 16.5. The molecule has 1 amide bonds. The van der Waals surface area contributed by atoms with Gasteiger partial charge in [0.05, 0.1) is 6.61 Å². The second-order valence-corrected chi connectivity index (χ2v) is 6.46. The summed E-state index contributed by atoms with van der Waals surface area (Å²) in [6.07, 6.45) is 3.45. The van der Waals surface area contributed by atoms with Crippen LogP contribution in [0.25, 0.3) is 0 Å². The van der Waals surface area contributed by atoms with E-state index in [0.29, 0.717) is 18.7 Å². The molecule has 0 radical (unpaired) electrons. The van der Waals surface area contributed by atoms with Crippen molar-refractivity contribution in [3.8, 4) is 5.75 Å². The van der Waals surface area contributed by atoms with Gasteiger partial charge in [-0.2, -0.15) is 0 Å². The maximum Gasteiger partial charge on any atom is 0.251 e. The van der Waals surface area contributed by atoms with Crippen molar-refractivity contribution in [1.82, 2.24) is 5.32 Å². The molecule has 4 rings (SSSR count). The molecule has 4 nitrogen and oxygen atoms in total. The van der Waals surface area contributed by atoms with Crippen molar-refractivity contribution >= 4 is 11.6 Å². The van der Waals surface area contributed by atoms with Crippen molar-refractivity contribution in [1.29, 1.82) is 0 Å². The molecular formula is C20H22N2O2. The Kier molecular flexibility index (Phi) is 4.11. The van der Waals surface area contributed by atoms with Crippen LogP contribution in [0.5, 0.6) is 5.75 Å². The fraction of sp³-hybridized carbons (Fsp3) is 0.350. The van der Waals surface area contributed by atoms with Gasteiger partial charge in [-0.05, 0) is 54.3 Å². The molecule has 2 aromatic carbocycles. The Balaban J connectivity index is 1.36. The number of carbonyl (C=O) groups excluding carboxylic acids is 1. The number of amides is 1. The summed E-state index contributed by atoms with van der Waals surface area (Å²) in [6, 6.07) is 14.2. The molecule has 0 unspecified atom stereocenters. The van der Waals surface area contributed by atoms with Gasteiger partial charge in [-0.25, -0.2) is 0 Å². The van der Waals surface area contributed by atoms with Crippen LogP contribution in [-0.4, -0.2) is 25.6 Å². The summed E-state index contributed by atoms with van der Waals surface area (Å²) in [7, 11) is 0. The minimum Gasteiger partial charge on any atom is -0.493 e. The molecule has 1 saturated heterocycles. The lowest BCUT2D eigenvalue weighted by molar-refractivity contribution is 0.0951. The van der Waals surface area contributed by atoms with E-state index in [1.54, 1.807) is 0 Å². The Morgan fingerprint density at radius 2 is 1.88 bits per heavy atom. The summed E-state index contributed by atoms with van der Waals surface area (Å²) < 4.78 is 5.48. The molecule has 24 heavy (non-hydrogen) atoms. The smallest absolute Gasteiger partial charge is 0.251 e. The molecule has 124 valence electrons. The van der Waals surface area contributed by atoms with Crippen LogP contribution in [0.15, 0.2) is 42.5 Å². The van der Waals surface area contributed by atoms with Crippen LogP contribution in [0.3, 0.4) is 0 Å². The molecule has 0 spiro atoms. The fourth-order valence-electron chi connectivity index (χ4n) is 3.41. The van der Waals surface area contributed by atoms with Gasteiger partial charge in [0.2, 0.25) is 0 Å². The summed E-state index contributed by atoms with van der Waals surface area (Å²) >= 11 is 0. The van der Waals surface area contributed by atoms with Crippen LogP contribution in [0.2, 0.25) is 0 Å². The van der Waals surface area contributed by atoms with Crippen LogP contribution < -0.4 is 15.0 Å². The Bertz CT molecular complexity index is 734. The standard InChI is InChI=1S/C20H22N2O2/c23-20(17-5-8-19-16(13-17)9-12-24-19)21-14-15-3-6-18(7-4-15)22-10-1-2-11-22/h3-8,13H,1-2,9-12,14H2,(H,21,23). The number of nitrogens with one attached hydrogen (secondary N) is 1. The largest absolute Gasteiger partial charge is 0.493 e. The molecule has 0 aliphatic carbocycles. The lowest BCUT2D eigenvalue weighted by atomic mass is 10.1. The second kappa shape index (κ2) is 6.56. The maximum atomic E-state index is 12.3. The van der Waals surface area contributed by atoms with E-state index >= 15 is 0 Å². The summed E-state index contributed by atoms with van der Waals surface area (Å²) in [5, 5.41) is 3.00. The highest BCUT2D eigenvalue weighted by Crippen LogP contribution is 2.26. The summed E-state index contributed by atoms with van der Waals surface area (Å²) in [5.74, 6) is 0.873. The van der Waals surface area contributed by atoms with Gasteiger partial charge >= 0.3 is 0 Å². The summed E-state index contributed by atoms with van der Waals surface area (Å²) in [5.41, 5.74) is 4.22. The van der Waals surface area contributed by atoms with Crippen molar-refractivity contribution < 1.29 is 9.53 Å². The van der Waals surface area contributed by atoms with E-state index in [2.05, 4.69) is 34.5 Å². The zero-order valence-electron chi connectivity index (χ0n) is 13.8. The zero-order valence-corrected chi connectivity index (χ0v) is 13.8. The Morgan fingerprint density at radius 3 is 2.67 bits per heavy atom. The molecule has 0 bridgehead atoms. The van der Waals surface area contributed by atoms with Crippen LogP contribution in [-0.2, 0) is 13.0 Å². The monoisotopic (exact) mass is 322 g/mol. The number of rotatable bonds is 4.